The molecule has 0 spiro atoms. The molecule has 144 valence electrons. The summed E-state index contributed by atoms with van der Waals surface area (Å²) in [6.07, 6.45) is 8.32. The number of benzene rings is 1. The second-order valence-electron chi connectivity index (χ2n) is 7.69. The molecule has 1 saturated carbocycles. The lowest BCUT2D eigenvalue weighted by molar-refractivity contribution is -0.136. The molecule has 27 heavy (non-hydrogen) atoms. The molecule has 0 bridgehead atoms. The van der Waals surface area contributed by atoms with Crippen LogP contribution in [0.15, 0.2) is 28.8 Å². The van der Waals surface area contributed by atoms with Crippen molar-refractivity contribution in [2.75, 3.05) is 20.2 Å². The molecule has 0 atom stereocenters. The molecule has 2 aliphatic rings. The number of nitrogens with zero attached hydrogens (tertiary/aromatic N) is 3. The predicted molar refractivity (Wildman–Crippen MR) is 101 cm³/mol. The predicted octanol–water partition coefficient (Wildman–Crippen LogP) is 4.03. The van der Waals surface area contributed by atoms with Gasteiger partial charge >= 0.3 is 0 Å². The van der Waals surface area contributed by atoms with Gasteiger partial charge in [-0.25, -0.2) is 0 Å². The van der Waals surface area contributed by atoms with Crippen molar-refractivity contribution in [1.82, 2.24) is 15.0 Å². The van der Waals surface area contributed by atoms with E-state index >= 15 is 0 Å². The van der Waals surface area contributed by atoms with E-state index in [-0.39, 0.29) is 11.8 Å². The lowest BCUT2D eigenvalue weighted by atomic mass is 9.86. The minimum atomic E-state index is 0.139. The Kier molecular flexibility index (Phi) is 5.41. The Balaban J connectivity index is 1.29. The maximum Gasteiger partial charge on any atom is 0.233 e. The topological polar surface area (TPSA) is 68.5 Å². The van der Waals surface area contributed by atoms with Crippen molar-refractivity contribution in [3.05, 3.63) is 30.2 Å². The Morgan fingerprint density at radius 1 is 1.22 bits per heavy atom. The fourth-order valence-electron chi connectivity index (χ4n) is 4.14. The summed E-state index contributed by atoms with van der Waals surface area (Å²) in [5.74, 6) is 3.01. The van der Waals surface area contributed by atoms with Crippen LogP contribution in [0.4, 0.5) is 0 Å². The molecule has 4 rings (SSSR count). The lowest BCUT2D eigenvalue weighted by Crippen LogP contribution is -2.48. The molecule has 6 nitrogen and oxygen atoms in total. The summed E-state index contributed by atoms with van der Waals surface area (Å²) in [5, 5.41) is 4.10. The van der Waals surface area contributed by atoms with Gasteiger partial charge in [-0.3, -0.25) is 4.79 Å². The van der Waals surface area contributed by atoms with Crippen LogP contribution in [0.2, 0.25) is 0 Å². The number of hydrogen-bond donors (Lipinski definition) is 0. The molecule has 2 heterocycles. The SMILES string of the molecule is COc1ccccc1-c1noc(C2CN(C(=O)CCC3CCCCC3)C2)n1. The van der Waals surface area contributed by atoms with Crippen LogP contribution in [0.5, 0.6) is 5.75 Å². The second kappa shape index (κ2) is 8.11. The monoisotopic (exact) mass is 369 g/mol. The van der Waals surface area contributed by atoms with Crippen LogP contribution in [0.25, 0.3) is 11.4 Å². The summed E-state index contributed by atoms with van der Waals surface area (Å²) in [4.78, 5) is 18.8. The Hall–Kier alpha value is -2.37. The van der Waals surface area contributed by atoms with Gasteiger partial charge < -0.3 is 14.2 Å². The van der Waals surface area contributed by atoms with Crippen molar-refractivity contribution < 1.29 is 14.1 Å². The highest BCUT2D eigenvalue weighted by Crippen LogP contribution is 2.32. The summed E-state index contributed by atoms with van der Waals surface area (Å²) >= 11 is 0. The summed E-state index contributed by atoms with van der Waals surface area (Å²) in [6, 6.07) is 7.62. The Bertz CT molecular complexity index is 776. The van der Waals surface area contributed by atoms with E-state index in [1.165, 1.54) is 32.1 Å². The molecule has 1 aromatic heterocycles. The molecular formula is C21H27N3O3. The van der Waals surface area contributed by atoms with Crippen molar-refractivity contribution >= 4 is 5.91 Å². The zero-order chi connectivity index (χ0) is 18.6. The third-order valence-corrected chi connectivity index (χ3v) is 5.86. The Morgan fingerprint density at radius 3 is 2.78 bits per heavy atom. The number of amides is 1. The third kappa shape index (κ3) is 3.99. The summed E-state index contributed by atoms with van der Waals surface area (Å²) in [6.45, 7) is 1.36. The molecule has 1 amide bonds. The first kappa shape index (κ1) is 18.0. The van der Waals surface area contributed by atoms with E-state index in [9.17, 15) is 4.79 Å². The van der Waals surface area contributed by atoms with Crippen LogP contribution in [-0.4, -0.2) is 41.1 Å². The van der Waals surface area contributed by atoms with Crippen molar-refractivity contribution in [2.45, 2.75) is 50.9 Å². The van der Waals surface area contributed by atoms with Gasteiger partial charge in [0, 0.05) is 19.5 Å². The van der Waals surface area contributed by atoms with Crippen molar-refractivity contribution in [2.24, 2.45) is 5.92 Å². The van der Waals surface area contributed by atoms with Crippen LogP contribution in [0.1, 0.15) is 56.8 Å². The first-order valence-electron chi connectivity index (χ1n) is 9.99. The summed E-state index contributed by atoms with van der Waals surface area (Å²) in [5.41, 5.74) is 0.815. The molecule has 1 aliphatic carbocycles. The molecule has 1 aromatic carbocycles. The molecule has 0 radical (unpaired) electrons. The average Bonchev–Trinajstić information content (AvgIpc) is 3.15. The summed E-state index contributed by atoms with van der Waals surface area (Å²) in [7, 11) is 1.63. The highest BCUT2D eigenvalue weighted by Gasteiger charge is 2.35. The number of para-hydroxylation sites is 1. The number of carbonyl (C=O) groups excluding carboxylic acids is 1. The normalized spacial score (nSPS) is 18.3. The molecular weight excluding hydrogens is 342 g/mol. The number of carbonyl (C=O) groups is 1. The zero-order valence-electron chi connectivity index (χ0n) is 15.9. The van der Waals surface area contributed by atoms with E-state index in [0.717, 1.165) is 23.7 Å². The standard InChI is InChI=1S/C21H27N3O3/c1-26-18-10-6-5-9-17(18)20-22-21(27-23-20)16-13-24(14-16)19(25)12-11-15-7-3-2-4-8-15/h5-6,9-10,15-16H,2-4,7-8,11-14H2,1H3. The maximum absolute atomic E-state index is 12.4. The van der Waals surface area contributed by atoms with E-state index in [1.54, 1.807) is 7.11 Å². The van der Waals surface area contributed by atoms with Gasteiger partial charge in [-0.15, -0.1) is 0 Å². The number of aromatic nitrogens is 2. The fourth-order valence-corrected chi connectivity index (χ4v) is 4.14. The average molecular weight is 369 g/mol. The highest BCUT2D eigenvalue weighted by atomic mass is 16.5. The first-order valence-corrected chi connectivity index (χ1v) is 9.99. The van der Waals surface area contributed by atoms with Crippen LogP contribution >= 0.6 is 0 Å². The maximum atomic E-state index is 12.4. The van der Waals surface area contributed by atoms with Gasteiger partial charge in [-0.1, -0.05) is 49.4 Å². The second-order valence-corrected chi connectivity index (χ2v) is 7.69. The van der Waals surface area contributed by atoms with Crippen molar-refractivity contribution in [3.63, 3.8) is 0 Å². The van der Waals surface area contributed by atoms with Gasteiger partial charge in [0.25, 0.3) is 0 Å². The number of ether oxygens (including phenoxy) is 1. The number of likely N-dealkylation sites (tertiary alicyclic amines) is 1. The third-order valence-electron chi connectivity index (χ3n) is 5.86. The van der Waals surface area contributed by atoms with Gasteiger partial charge in [-0.05, 0) is 24.5 Å². The van der Waals surface area contributed by atoms with Gasteiger partial charge in [0.15, 0.2) is 0 Å². The molecule has 1 aliphatic heterocycles. The van der Waals surface area contributed by atoms with E-state index < -0.39 is 0 Å². The minimum Gasteiger partial charge on any atom is -0.496 e. The van der Waals surface area contributed by atoms with Gasteiger partial charge in [0.05, 0.1) is 18.6 Å². The van der Waals surface area contributed by atoms with E-state index in [1.807, 2.05) is 29.2 Å². The van der Waals surface area contributed by atoms with Gasteiger partial charge in [0.2, 0.25) is 17.6 Å². The van der Waals surface area contributed by atoms with E-state index in [2.05, 4.69) is 10.1 Å². The quantitative estimate of drug-likeness (QED) is 0.769. The minimum absolute atomic E-state index is 0.139. The zero-order valence-corrected chi connectivity index (χ0v) is 15.9. The van der Waals surface area contributed by atoms with Crippen LogP contribution in [0, 0.1) is 5.92 Å². The number of hydrogen-bond acceptors (Lipinski definition) is 5. The Labute approximate surface area is 159 Å². The van der Waals surface area contributed by atoms with E-state index in [0.29, 0.717) is 31.2 Å². The van der Waals surface area contributed by atoms with Crippen molar-refractivity contribution in [1.29, 1.82) is 0 Å². The summed E-state index contributed by atoms with van der Waals surface area (Å²) < 4.78 is 10.8. The number of methoxy groups -OCH3 is 1. The van der Waals surface area contributed by atoms with Crippen LogP contribution in [0.3, 0.4) is 0 Å². The lowest BCUT2D eigenvalue weighted by Gasteiger charge is -2.37. The highest BCUT2D eigenvalue weighted by molar-refractivity contribution is 5.77. The van der Waals surface area contributed by atoms with Crippen molar-refractivity contribution in [3.8, 4) is 17.1 Å². The number of rotatable bonds is 6. The smallest absolute Gasteiger partial charge is 0.233 e. The van der Waals surface area contributed by atoms with Gasteiger partial charge in [0.1, 0.15) is 5.75 Å². The van der Waals surface area contributed by atoms with Crippen LogP contribution < -0.4 is 4.74 Å². The first-order chi connectivity index (χ1) is 13.2. The molecule has 6 heteroatoms. The molecule has 1 saturated heterocycles. The fraction of sp³-hybridized carbons (Fsp3) is 0.571. The Morgan fingerprint density at radius 2 is 2.00 bits per heavy atom. The molecule has 2 aromatic rings. The molecule has 0 unspecified atom stereocenters. The van der Waals surface area contributed by atoms with Gasteiger partial charge in [-0.2, -0.15) is 4.98 Å². The van der Waals surface area contributed by atoms with E-state index in [4.69, 9.17) is 9.26 Å². The largest absolute Gasteiger partial charge is 0.496 e. The molecule has 2 fully saturated rings. The van der Waals surface area contributed by atoms with Crippen LogP contribution in [-0.2, 0) is 4.79 Å². The molecule has 0 N–H and O–H groups in total.